The molecule has 83 heavy (non-hydrogen) atoms. The number of rotatable bonds is 17. The first kappa shape index (κ1) is 57.5. The summed E-state index contributed by atoms with van der Waals surface area (Å²) in [7, 11) is 0. The van der Waals surface area contributed by atoms with Gasteiger partial charge in [-0.2, -0.15) is 0 Å². The molecule has 5 aromatic carbocycles. The van der Waals surface area contributed by atoms with E-state index in [9.17, 15) is 24.3 Å². The highest BCUT2D eigenvalue weighted by molar-refractivity contribution is 6.30. The van der Waals surface area contributed by atoms with Crippen molar-refractivity contribution in [3.05, 3.63) is 171 Å². The topological polar surface area (TPSA) is 161 Å². The number of piperazine rings is 1. The van der Waals surface area contributed by atoms with Gasteiger partial charge in [0.25, 0.3) is 5.91 Å². The third-order valence-corrected chi connectivity index (χ3v) is 17.6. The van der Waals surface area contributed by atoms with E-state index < -0.39 is 41.2 Å². The Hall–Kier alpha value is -7.31. The number of aliphatic hydroxyl groups excluding tert-OH is 1. The Morgan fingerprint density at radius 1 is 0.771 bits per heavy atom. The number of ether oxygens (including phenoxy) is 2. The van der Waals surface area contributed by atoms with E-state index >= 15 is 8.78 Å². The molecule has 4 heterocycles. The summed E-state index contributed by atoms with van der Waals surface area (Å²) in [6.07, 6.45) is 3.95. The van der Waals surface area contributed by atoms with Gasteiger partial charge in [0.15, 0.2) is 0 Å². The van der Waals surface area contributed by atoms with Crippen molar-refractivity contribution in [1.82, 2.24) is 34.9 Å². The van der Waals surface area contributed by atoms with E-state index in [-0.39, 0.29) is 68.6 Å². The molecule has 3 atom stereocenters. The number of nitrogens with zero attached hydrogens (tertiary/aromatic N) is 7. The predicted molar refractivity (Wildman–Crippen MR) is 313 cm³/mol. The molecule has 6 aromatic rings. The third kappa shape index (κ3) is 12.8. The lowest BCUT2D eigenvalue weighted by Crippen LogP contribution is -2.52. The number of aryl methyl sites for hydroxylation is 1. The molecule has 0 bridgehead atoms. The minimum absolute atomic E-state index is 0.0230. The number of amides is 4. The van der Waals surface area contributed by atoms with Crippen LogP contribution in [0.25, 0.3) is 22.3 Å². The van der Waals surface area contributed by atoms with E-state index in [2.05, 4.69) is 56.3 Å². The molecule has 18 heteroatoms. The first-order valence-corrected chi connectivity index (χ1v) is 29.6. The van der Waals surface area contributed by atoms with E-state index in [1.54, 1.807) is 18.2 Å². The molecular weight excluding hydrogens is 1080 g/mol. The number of benzene rings is 5. The Morgan fingerprint density at radius 3 is 2.08 bits per heavy atom. The zero-order valence-corrected chi connectivity index (χ0v) is 47.8. The number of carbonyl (C=O) groups excluding carboxylic acids is 4. The summed E-state index contributed by atoms with van der Waals surface area (Å²) in [4.78, 5) is 74.7. The number of likely N-dealkylation sites (tertiary alicyclic amines) is 2. The maximum atomic E-state index is 15.4. The second-order valence-corrected chi connectivity index (χ2v) is 23.1. The second kappa shape index (κ2) is 25.7. The molecule has 2 aliphatic carbocycles. The van der Waals surface area contributed by atoms with Crippen molar-refractivity contribution in [1.29, 1.82) is 0 Å². The summed E-state index contributed by atoms with van der Waals surface area (Å²) in [6.45, 7) is 8.19. The first-order valence-electron chi connectivity index (χ1n) is 29.2. The smallest absolute Gasteiger partial charge is 0.409 e. The van der Waals surface area contributed by atoms with E-state index in [1.165, 1.54) is 28.3 Å². The van der Waals surface area contributed by atoms with Crippen molar-refractivity contribution in [2.24, 2.45) is 0 Å². The zero-order valence-electron chi connectivity index (χ0n) is 47.0. The zero-order chi connectivity index (χ0) is 57.7. The Labute approximate surface area is 488 Å². The monoisotopic (exact) mass is 1150 g/mol. The molecule has 3 saturated heterocycles. The van der Waals surface area contributed by atoms with E-state index in [0.717, 1.165) is 45.6 Å². The third-order valence-electron chi connectivity index (χ3n) is 17.4. The molecule has 5 aliphatic rings. The number of aromatic nitrogens is 2. The molecule has 11 rings (SSSR count). The van der Waals surface area contributed by atoms with Crippen molar-refractivity contribution in [3.8, 4) is 22.3 Å². The lowest BCUT2D eigenvalue weighted by molar-refractivity contribution is -0.133. The van der Waals surface area contributed by atoms with Gasteiger partial charge in [-0.15, -0.1) is 0 Å². The minimum Gasteiger partial charge on any atom is -0.448 e. The van der Waals surface area contributed by atoms with Crippen LogP contribution in [-0.2, 0) is 25.5 Å². The van der Waals surface area contributed by atoms with Gasteiger partial charge in [0.05, 0.1) is 36.5 Å². The molecule has 4 amide bonds. The first-order chi connectivity index (χ1) is 40.3. The van der Waals surface area contributed by atoms with Crippen molar-refractivity contribution in [2.45, 2.75) is 88.4 Å². The van der Waals surface area contributed by atoms with Crippen molar-refractivity contribution in [3.63, 3.8) is 0 Å². The fourth-order valence-corrected chi connectivity index (χ4v) is 13.0. The van der Waals surface area contributed by atoms with Gasteiger partial charge in [-0.25, -0.2) is 23.5 Å². The molecule has 0 spiro atoms. The van der Waals surface area contributed by atoms with Crippen LogP contribution in [-0.4, -0.2) is 156 Å². The van der Waals surface area contributed by atoms with Crippen LogP contribution in [0.1, 0.15) is 114 Å². The molecule has 3 aliphatic heterocycles. The van der Waals surface area contributed by atoms with Gasteiger partial charge in [-0.3, -0.25) is 19.3 Å². The van der Waals surface area contributed by atoms with Crippen LogP contribution < -0.4 is 10.2 Å². The minimum atomic E-state index is -0.878. The number of halogens is 3. The van der Waals surface area contributed by atoms with Gasteiger partial charge in [0.1, 0.15) is 35.9 Å². The van der Waals surface area contributed by atoms with Crippen LogP contribution >= 0.6 is 11.6 Å². The van der Waals surface area contributed by atoms with Gasteiger partial charge in [-0.1, -0.05) is 110 Å². The number of carbonyl (C=O) groups is 4. The number of anilines is 1. The van der Waals surface area contributed by atoms with Gasteiger partial charge < -0.3 is 39.5 Å². The summed E-state index contributed by atoms with van der Waals surface area (Å²) in [5, 5.41) is 14.2. The number of hydrogen-bond donors (Lipinski definition) is 2. The molecular formula is C65H71ClF2N8O7. The van der Waals surface area contributed by atoms with E-state index in [1.807, 2.05) is 66.4 Å². The lowest BCUT2D eigenvalue weighted by atomic mass is 9.96. The fraction of sp³-hybridized carbons (Fsp3) is 0.415. The highest BCUT2D eigenvalue weighted by Crippen LogP contribution is 2.45. The summed E-state index contributed by atoms with van der Waals surface area (Å²) >= 11 is 6.39. The number of aliphatic hydroxyl groups is 1. The van der Waals surface area contributed by atoms with Crippen LogP contribution in [0.2, 0.25) is 5.02 Å². The largest absolute Gasteiger partial charge is 0.448 e. The highest BCUT2D eigenvalue weighted by Gasteiger charge is 2.38. The van der Waals surface area contributed by atoms with Crippen molar-refractivity contribution in [2.75, 3.05) is 90.0 Å². The maximum Gasteiger partial charge on any atom is 0.409 e. The standard InChI is InChI=1S/C65H71ClF2N8O7/c1-3-42-9-8-10-44(34-42)45-35-55(67)60(56(68)36-45)64(80)74-26-21-48(22-27-74)83-47-19-24-72(25-20-47)38-58(78)69-23-28-76(65(81)82-39-54-51-13-6-4-11-49(51)50-12-5-7-14-52(50)54)37-53(43-15-17-46(66)18-16-43)63(79)75-31-29-73(30-32-75)62-59-41(2)33-57(77)61(59)70-40-71-62/h4-18,34-36,40-41,47-48,53-54,57,77H,3,19-33,37-39H2,1-2H3,(H,69,78)/t41-,53-,57-/m1/s1. The molecule has 15 nitrogen and oxygen atoms in total. The second-order valence-electron chi connectivity index (χ2n) is 22.6. The quantitative estimate of drug-likeness (QED) is 0.0895. The van der Waals surface area contributed by atoms with Gasteiger partial charge >= 0.3 is 6.09 Å². The fourth-order valence-electron chi connectivity index (χ4n) is 12.8. The summed E-state index contributed by atoms with van der Waals surface area (Å²) in [5.41, 5.74) is 8.22. The summed E-state index contributed by atoms with van der Waals surface area (Å²) in [6, 6.07) is 33.4. The van der Waals surface area contributed by atoms with Gasteiger partial charge in [-0.05, 0) is 113 Å². The molecule has 2 N–H and O–H groups in total. The molecule has 1 aromatic heterocycles. The average molecular weight is 1150 g/mol. The average Bonchev–Trinajstić information content (AvgIpc) is 3.74. The van der Waals surface area contributed by atoms with Crippen LogP contribution in [0, 0.1) is 11.6 Å². The van der Waals surface area contributed by atoms with Crippen LogP contribution in [0.3, 0.4) is 0 Å². The summed E-state index contributed by atoms with van der Waals surface area (Å²) in [5.74, 6) is -2.88. The normalized spacial score (nSPS) is 18.8. The van der Waals surface area contributed by atoms with Crippen molar-refractivity contribution >= 4 is 41.2 Å². The van der Waals surface area contributed by atoms with Crippen molar-refractivity contribution < 1.29 is 42.5 Å². The van der Waals surface area contributed by atoms with E-state index in [0.29, 0.717) is 112 Å². The summed E-state index contributed by atoms with van der Waals surface area (Å²) < 4.78 is 43.6. The Balaban J connectivity index is 0.698. The predicted octanol–water partition coefficient (Wildman–Crippen LogP) is 9.76. The van der Waals surface area contributed by atoms with Gasteiger partial charge in [0.2, 0.25) is 11.8 Å². The lowest BCUT2D eigenvalue weighted by Gasteiger charge is -2.38. The van der Waals surface area contributed by atoms with E-state index in [4.69, 9.17) is 21.1 Å². The molecule has 0 unspecified atom stereocenters. The van der Waals surface area contributed by atoms with Crippen LogP contribution in [0.4, 0.5) is 19.4 Å². The molecule has 0 radical (unpaired) electrons. The Bertz CT molecular complexity index is 3260. The Kier molecular flexibility index (Phi) is 17.8. The highest BCUT2D eigenvalue weighted by atomic mass is 35.5. The van der Waals surface area contributed by atoms with Gasteiger partial charge in [0, 0.05) is 88.5 Å². The number of nitrogens with one attached hydrogen (secondary N) is 1. The molecule has 3 fully saturated rings. The number of hydrogen-bond acceptors (Lipinski definition) is 11. The maximum absolute atomic E-state index is 15.4. The van der Waals surface area contributed by atoms with Crippen LogP contribution in [0.5, 0.6) is 0 Å². The number of piperidine rings is 2. The van der Waals surface area contributed by atoms with Crippen LogP contribution in [0.15, 0.2) is 116 Å². The number of fused-ring (bicyclic) bond motifs is 4. The molecule has 434 valence electrons. The molecule has 0 saturated carbocycles. The SMILES string of the molecule is CCc1cccc(-c2cc(F)c(C(=O)N3CCC(OC4CCN(CC(=O)NCCN(C[C@@H](C(=O)N5CCN(c6ncnc7c6[C@H](C)C[C@H]7O)CC5)c5ccc(Cl)cc5)C(=O)OCC5c6ccccc6-c6ccccc65)CC4)CC3)c(F)c2)c1. The Morgan fingerprint density at radius 2 is 1.42 bits per heavy atom.